The highest BCUT2D eigenvalue weighted by molar-refractivity contribution is 5.65. The van der Waals surface area contributed by atoms with E-state index in [4.69, 9.17) is 4.74 Å². The zero-order valence-corrected chi connectivity index (χ0v) is 12.9. The number of halogens is 2. The summed E-state index contributed by atoms with van der Waals surface area (Å²) in [5.41, 5.74) is 2.11. The van der Waals surface area contributed by atoms with E-state index in [1.807, 2.05) is 24.3 Å². The van der Waals surface area contributed by atoms with E-state index in [0.29, 0.717) is 5.56 Å². The van der Waals surface area contributed by atoms with Crippen molar-refractivity contribution >= 4 is 0 Å². The summed E-state index contributed by atoms with van der Waals surface area (Å²) < 4.78 is 33.2. The van der Waals surface area contributed by atoms with Crippen LogP contribution in [0.2, 0.25) is 0 Å². The summed E-state index contributed by atoms with van der Waals surface area (Å²) in [4.78, 5) is 0. The molecule has 1 nitrogen and oxygen atoms in total. The normalized spacial score (nSPS) is 11.1. The highest BCUT2D eigenvalue weighted by Crippen LogP contribution is 2.30. The molecule has 3 heteroatoms. The van der Waals surface area contributed by atoms with E-state index in [1.165, 1.54) is 24.0 Å². The van der Waals surface area contributed by atoms with Gasteiger partial charge in [-0.25, -0.2) is 4.39 Å². The van der Waals surface area contributed by atoms with Crippen LogP contribution < -0.4 is 4.74 Å². The molecule has 0 aliphatic heterocycles. The molecule has 0 bridgehead atoms. The summed E-state index contributed by atoms with van der Waals surface area (Å²) in [5, 5.41) is 0. The van der Waals surface area contributed by atoms with Crippen LogP contribution in [-0.4, -0.2) is 0 Å². The van der Waals surface area contributed by atoms with Crippen molar-refractivity contribution in [3.63, 3.8) is 0 Å². The first kappa shape index (κ1) is 16.2. The zero-order valence-electron chi connectivity index (χ0n) is 12.9. The molecule has 22 heavy (non-hydrogen) atoms. The van der Waals surface area contributed by atoms with Crippen LogP contribution in [0.15, 0.2) is 48.7 Å². The molecule has 0 heterocycles. The standard InChI is InChI=1S/C19H20F2O/c1-3-5-6-14-7-9-15(10-8-14)16-11-12-17(22-13-4-2)19(21)18(16)20/h4,7-13H,3,5-6H2,1-2H3/b13-4+. The topological polar surface area (TPSA) is 9.23 Å². The molecule has 0 aliphatic carbocycles. The minimum atomic E-state index is -0.967. The van der Waals surface area contributed by atoms with Crippen LogP contribution in [-0.2, 0) is 6.42 Å². The summed E-state index contributed by atoms with van der Waals surface area (Å²) in [6.45, 7) is 3.88. The minimum absolute atomic E-state index is 0.112. The number of allylic oxidation sites excluding steroid dienone is 1. The van der Waals surface area contributed by atoms with E-state index in [9.17, 15) is 8.78 Å². The lowest BCUT2D eigenvalue weighted by atomic mass is 10.0. The van der Waals surface area contributed by atoms with E-state index in [2.05, 4.69) is 6.92 Å². The Morgan fingerprint density at radius 3 is 2.36 bits per heavy atom. The van der Waals surface area contributed by atoms with E-state index < -0.39 is 11.6 Å². The summed E-state index contributed by atoms with van der Waals surface area (Å²) in [6, 6.07) is 10.6. The van der Waals surface area contributed by atoms with Crippen molar-refractivity contribution in [2.75, 3.05) is 0 Å². The molecule has 0 unspecified atom stereocenters. The van der Waals surface area contributed by atoms with Gasteiger partial charge in [-0.2, -0.15) is 4.39 Å². The van der Waals surface area contributed by atoms with Gasteiger partial charge in [-0.3, -0.25) is 0 Å². The molecule has 2 aromatic rings. The van der Waals surface area contributed by atoms with E-state index in [-0.39, 0.29) is 11.3 Å². The summed E-state index contributed by atoms with van der Waals surface area (Å²) in [5.74, 6) is -1.96. The van der Waals surface area contributed by atoms with Crippen molar-refractivity contribution in [3.05, 3.63) is 65.9 Å². The fraction of sp³-hybridized carbons (Fsp3) is 0.263. The number of ether oxygens (including phenoxy) is 1. The SMILES string of the molecule is C/C=C/Oc1ccc(-c2ccc(CCCC)cc2)c(F)c1F. The van der Waals surface area contributed by atoms with Gasteiger partial charge in [0.2, 0.25) is 5.82 Å². The molecule has 0 N–H and O–H groups in total. The fourth-order valence-corrected chi connectivity index (χ4v) is 2.22. The molecule has 0 saturated heterocycles. The van der Waals surface area contributed by atoms with Crippen LogP contribution in [0, 0.1) is 11.6 Å². The minimum Gasteiger partial charge on any atom is -0.462 e. The van der Waals surface area contributed by atoms with Crippen molar-refractivity contribution in [2.45, 2.75) is 33.1 Å². The summed E-state index contributed by atoms with van der Waals surface area (Å²) in [7, 11) is 0. The highest BCUT2D eigenvalue weighted by atomic mass is 19.2. The molecular formula is C19H20F2O. The lowest BCUT2D eigenvalue weighted by Crippen LogP contribution is -1.95. The Hall–Kier alpha value is -2.16. The van der Waals surface area contributed by atoms with Crippen molar-refractivity contribution in [1.82, 2.24) is 0 Å². The smallest absolute Gasteiger partial charge is 0.201 e. The average Bonchev–Trinajstić information content (AvgIpc) is 2.55. The summed E-state index contributed by atoms with van der Waals surface area (Å²) in [6.07, 6.45) is 6.19. The maximum atomic E-state index is 14.2. The molecular weight excluding hydrogens is 282 g/mol. The van der Waals surface area contributed by atoms with Gasteiger partial charge in [0, 0.05) is 5.56 Å². The molecule has 0 aromatic heterocycles. The van der Waals surface area contributed by atoms with Crippen LogP contribution in [0.25, 0.3) is 11.1 Å². The first-order valence-corrected chi connectivity index (χ1v) is 7.52. The average molecular weight is 302 g/mol. The number of aryl methyl sites for hydroxylation is 1. The summed E-state index contributed by atoms with van der Waals surface area (Å²) >= 11 is 0. The molecule has 0 atom stereocenters. The molecule has 0 spiro atoms. The van der Waals surface area contributed by atoms with Crippen molar-refractivity contribution in [3.8, 4) is 16.9 Å². The Labute approximate surface area is 130 Å². The lowest BCUT2D eigenvalue weighted by molar-refractivity contribution is 0.415. The highest BCUT2D eigenvalue weighted by Gasteiger charge is 2.15. The van der Waals surface area contributed by atoms with Gasteiger partial charge in [0.1, 0.15) is 0 Å². The van der Waals surface area contributed by atoms with Crippen LogP contribution in [0.1, 0.15) is 32.3 Å². The maximum Gasteiger partial charge on any atom is 0.201 e. The Balaban J connectivity index is 2.27. The van der Waals surface area contributed by atoms with Crippen molar-refractivity contribution in [1.29, 1.82) is 0 Å². The molecule has 0 radical (unpaired) electrons. The third-order valence-corrected chi connectivity index (χ3v) is 3.46. The zero-order chi connectivity index (χ0) is 15.9. The van der Waals surface area contributed by atoms with E-state index in [1.54, 1.807) is 13.0 Å². The van der Waals surface area contributed by atoms with Gasteiger partial charge < -0.3 is 4.74 Å². The second-order valence-electron chi connectivity index (χ2n) is 5.13. The number of benzene rings is 2. The largest absolute Gasteiger partial charge is 0.462 e. The van der Waals surface area contributed by atoms with Gasteiger partial charge in [0.25, 0.3) is 0 Å². The van der Waals surface area contributed by atoms with Gasteiger partial charge in [-0.15, -0.1) is 0 Å². The van der Waals surface area contributed by atoms with Crippen molar-refractivity contribution < 1.29 is 13.5 Å². The molecule has 0 fully saturated rings. The third kappa shape index (κ3) is 3.73. The Morgan fingerprint density at radius 2 is 1.73 bits per heavy atom. The van der Waals surface area contributed by atoms with Crippen LogP contribution in [0.3, 0.4) is 0 Å². The van der Waals surface area contributed by atoms with Crippen LogP contribution >= 0.6 is 0 Å². The first-order chi connectivity index (χ1) is 10.7. The van der Waals surface area contributed by atoms with Gasteiger partial charge >= 0.3 is 0 Å². The third-order valence-electron chi connectivity index (χ3n) is 3.46. The Morgan fingerprint density at radius 1 is 1.00 bits per heavy atom. The number of unbranched alkanes of at least 4 members (excludes halogenated alkanes) is 1. The lowest BCUT2D eigenvalue weighted by Gasteiger charge is -2.09. The first-order valence-electron chi connectivity index (χ1n) is 7.52. The molecule has 0 aliphatic rings. The number of hydrogen-bond donors (Lipinski definition) is 0. The molecule has 0 saturated carbocycles. The van der Waals surface area contributed by atoms with E-state index >= 15 is 0 Å². The molecule has 116 valence electrons. The number of rotatable bonds is 6. The van der Waals surface area contributed by atoms with Crippen molar-refractivity contribution in [2.24, 2.45) is 0 Å². The molecule has 2 rings (SSSR count). The molecule has 2 aromatic carbocycles. The van der Waals surface area contributed by atoms with Crippen LogP contribution in [0.5, 0.6) is 5.75 Å². The second kappa shape index (κ2) is 7.74. The van der Waals surface area contributed by atoms with Crippen LogP contribution in [0.4, 0.5) is 8.78 Å². The molecule has 0 amide bonds. The Kier molecular flexibility index (Phi) is 5.70. The monoisotopic (exact) mass is 302 g/mol. The van der Waals surface area contributed by atoms with Gasteiger partial charge in [0.15, 0.2) is 11.6 Å². The van der Waals surface area contributed by atoms with Gasteiger partial charge in [-0.1, -0.05) is 43.7 Å². The quantitative estimate of drug-likeness (QED) is 0.605. The second-order valence-corrected chi connectivity index (χ2v) is 5.13. The fourth-order valence-electron chi connectivity index (χ4n) is 2.22. The predicted molar refractivity (Wildman–Crippen MR) is 85.8 cm³/mol. The maximum absolute atomic E-state index is 14.2. The van der Waals surface area contributed by atoms with E-state index in [0.717, 1.165) is 19.3 Å². The predicted octanol–water partition coefficient (Wildman–Crippen LogP) is 5.89. The van der Waals surface area contributed by atoms with Gasteiger partial charge in [-0.05, 0) is 43.0 Å². The van der Waals surface area contributed by atoms with Gasteiger partial charge in [0.05, 0.1) is 6.26 Å². The Bertz CT molecular complexity index is 645. The number of hydrogen-bond acceptors (Lipinski definition) is 1.